The third kappa shape index (κ3) is 4.81. The first-order valence-electron chi connectivity index (χ1n) is 6.85. The van der Waals surface area contributed by atoms with Gasteiger partial charge in [-0.25, -0.2) is 0 Å². The molecule has 0 saturated heterocycles. The molecule has 0 radical (unpaired) electrons. The number of anilines is 1. The second kappa shape index (κ2) is 7.71. The molecule has 5 heteroatoms. The van der Waals surface area contributed by atoms with Crippen molar-refractivity contribution < 1.29 is 19.0 Å². The van der Waals surface area contributed by atoms with E-state index in [2.05, 4.69) is 5.32 Å². The fourth-order valence-electron chi connectivity index (χ4n) is 1.94. The van der Waals surface area contributed by atoms with Gasteiger partial charge in [-0.05, 0) is 42.8 Å². The van der Waals surface area contributed by atoms with E-state index in [-0.39, 0.29) is 6.61 Å². The minimum absolute atomic E-state index is 0.253. The predicted octanol–water partition coefficient (Wildman–Crippen LogP) is 2.59. The summed E-state index contributed by atoms with van der Waals surface area (Å²) < 4.78 is 15.7. The van der Waals surface area contributed by atoms with Gasteiger partial charge < -0.3 is 24.3 Å². The summed E-state index contributed by atoms with van der Waals surface area (Å²) in [5.74, 6) is 1.57. The molecular weight excluding hydrogens is 270 g/mol. The summed E-state index contributed by atoms with van der Waals surface area (Å²) in [5.41, 5.74) is 2.04. The number of nitrogens with one attached hydrogen (secondary N) is 1. The Morgan fingerprint density at radius 1 is 1.33 bits per heavy atom. The van der Waals surface area contributed by atoms with E-state index in [1.165, 1.54) is 0 Å². The van der Waals surface area contributed by atoms with Gasteiger partial charge >= 0.3 is 0 Å². The van der Waals surface area contributed by atoms with Crippen molar-refractivity contribution in [2.24, 2.45) is 0 Å². The Balaban J connectivity index is 1.72. The molecule has 0 aliphatic rings. The summed E-state index contributed by atoms with van der Waals surface area (Å²) >= 11 is 0. The number of aliphatic hydroxyl groups excluding tert-OH is 1. The topological polar surface area (TPSA) is 63.9 Å². The van der Waals surface area contributed by atoms with Gasteiger partial charge in [-0.1, -0.05) is 0 Å². The Bertz CT molecular complexity index is 539. The third-order valence-electron chi connectivity index (χ3n) is 3.10. The highest BCUT2D eigenvalue weighted by molar-refractivity contribution is 5.53. The predicted molar refractivity (Wildman–Crippen MR) is 80.6 cm³/mol. The van der Waals surface area contributed by atoms with Gasteiger partial charge in [0.15, 0.2) is 0 Å². The monoisotopic (exact) mass is 291 g/mol. The molecule has 1 atom stereocenters. The average molecular weight is 291 g/mol. The fourth-order valence-corrected chi connectivity index (χ4v) is 1.94. The summed E-state index contributed by atoms with van der Waals surface area (Å²) in [7, 11) is 1.64. The summed E-state index contributed by atoms with van der Waals surface area (Å²) in [6.07, 6.45) is 1.02. The highest BCUT2D eigenvalue weighted by Crippen LogP contribution is 2.20. The van der Waals surface area contributed by atoms with Gasteiger partial charge in [0.2, 0.25) is 0 Å². The van der Waals surface area contributed by atoms with Gasteiger partial charge in [-0.15, -0.1) is 0 Å². The zero-order chi connectivity index (χ0) is 15.1. The lowest BCUT2D eigenvalue weighted by molar-refractivity contribution is 0.0282. The van der Waals surface area contributed by atoms with Crippen molar-refractivity contribution >= 4 is 5.69 Å². The van der Waals surface area contributed by atoms with Crippen LogP contribution in [0.2, 0.25) is 0 Å². The van der Waals surface area contributed by atoms with E-state index in [0.717, 1.165) is 22.8 Å². The van der Waals surface area contributed by atoms with Crippen molar-refractivity contribution in [1.29, 1.82) is 0 Å². The normalized spacial score (nSPS) is 12.1. The van der Waals surface area contributed by atoms with E-state index in [1.807, 2.05) is 37.3 Å². The molecule has 2 aromatic rings. The van der Waals surface area contributed by atoms with Crippen LogP contribution in [0.4, 0.5) is 5.69 Å². The van der Waals surface area contributed by atoms with Crippen molar-refractivity contribution in [1.82, 2.24) is 0 Å². The number of hydrogen-bond donors (Lipinski definition) is 2. The Labute approximate surface area is 124 Å². The number of aryl methyl sites for hydroxylation is 1. The van der Waals surface area contributed by atoms with E-state index < -0.39 is 6.10 Å². The maximum absolute atomic E-state index is 9.89. The Morgan fingerprint density at radius 3 is 2.86 bits per heavy atom. The average Bonchev–Trinajstić information content (AvgIpc) is 2.99. The first-order valence-corrected chi connectivity index (χ1v) is 6.85. The highest BCUT2D eigenvalue weighted by Gasteiger charge is 2.07. The number of hydrogen-bond acceptors (Lipinski definition) is 5. The molecule has 1 heterocycles. The van der Waals surface area contributed by atoms with Gasteiger partial charge in [-0.3, -0.25) is 0 Å². The standard InChI is InChI=1S/C16H21NO4/c1-12-8-14(19-2)5-6-16(12)17-9-13(18)10-20-11-15-4-3-7-21-15/h3-8,13,17-18H,9-11H2,1-2H3. The van der Waals surface area contributed by atoms with Gasteiger partial charge in [0.25, 0.3) is 0 Å². The second-order valence-corrected chi connectivity index (χ2v) is 4.81. The molecule has 1 aromatic carbocycles. The number of ether oxygens (including phenoxy) is 2. The molecule has 5 nitrogen and oxygen atoms in total. The van der Waals surface area contributed by atoms with E-state index >= 15 is 0 Å². The third-order valence-corrected chi connectivity index (χ3v) is 3.10. The number of benzene rings is 1. The van der Waals surface area contributed by atoms with Crippen LogP contribution in [0.1, 0.15) is 11.3 Å². The lowest BCUT2D eigenvalue weighted by atomic mass is 10.2. The number of aliphatic hydroxyl groups is 1. The second-order valence-electron chi connectivity index (χ2n) is 4.81. The SMILES string of the molecule is COc1ccc(NCC(O)COCc2ccco2)c(C)c1. The van der Waals surface area contributed by atoms with Crippen LogP contribution >= 0.6 is 0 Å². The van der Waals surface area contributed by atoms with Gasteiger partial charge in [0.1, 0.15) is 18.1 Å². The van der Waals surface area contributed by atoms with E-state index in [0.29, 0.717) is 13.2 Å². The van der Waals surface area contributed by atoms with E-state index in [1.54, 1.807) is 13.4 Å². The largest absolute Gasteiger partial charge is 0.497 e. The lowest BCUT2D eigenvalue weighted by Crippen LogP contribution is -2.25. The highest BCUT2D eigenvalue weighted by atomic mass is 16.5. The molecule has 0 bridgehead atoms. The van der Waals surface area contributed by atoms with Crippen molar-refractivity contribution in [3.63, 3.8) is 0 Å². The van der Waals surface area contributed by atoms with Crippen LogP contribution in [0.3, 0.4) is 0 Å². The molecule has 114 valence electrons. The summed E-state index contributed by atoms with van der Waals surface area (Å²) in [4.78, 5) is 0. The Morgan fingerprint density at radius 2 is 2.19 bits per heavy atom. The van der Waals surface area contributed by atoms with Crippen LogP contribution in [0, 0.1) is 6.92 Å². The zero-order valence-electron chi connectivity index (χ0n) is 12.3. The van der Waals surface area contributed by atoms with Crippen LogP contribution < -0.4 is 10.1 Å². The van der Waals surface area contributed by atoms with Crippen LogP contribution in [-0.2, 0) is 11.3 Å². The van der Waals surface area contributed by atoms with Crippen molar-refractivity contribution in [3.8, 4) is 5.75 Å². The number of methoxy groups -OCH3 is 1. The summed E-state index contributed by atoms with van der Waals surface area (Å²) in [6.45, 7) is 3.03. The molecule has 0 spiro atoms. The first-order chi connectivity index (χ1) is 10.2. The Hall–Kier alpha value is -1.98. The molecule has 1 unspecified atom stereocenters. The molecule has 0 fully saturated rings. The van der Waals surface area contributed by atoms with Crippen LogP contribution in [0.15, 0.2) is 41.0 Å². The minimum atomic E-state index is -0.582. The van der Waals surface area contributed by atoms with Gasteiger partial charge in [0.05, 0.1) is 26.1 Å². The Kier molecular flexibility index (Phi) is 5.66. The molecular formula is C16H21NO4. The smallest absolute Gasteiger partial charge is 0.129 e. The van der Waals surface area contributed by atoms with Crippen molar-refractivity contribution in [2.45, 2.75) is 19.6 Å². The molecule has 21 heavy (non-hydrogen) atoms. The number of rotatable bonds is 8. The van der Waals surface area contributed by atoms with Crippen LogP contribution in [0.25, 0.3) is 0 Å². The van der Waals surface area contributed by atoms with Gasteiger partial charge in [0, 0.05) is 12.2 Å². The first kappa shape index (κ1) is 15.4. The molecule has 2 rings (SSSR count). The zero-order valence-corrected chi connectivity index (χ0v) is 12.3. The summed E-state index contributed by atoms with van der Waals surface area (Å²) in [6, 6.07) is 9.41. The maximum atomic E-state index is 9.89. The maximum Gasteiger partial charge on any atom is 0.129 e. The molecule has 1 aromatic heterocycles. The molecule has 2 N–H and O–H groups in total. The number of furan rings is 1. The molecule has 0 saturated carbocycles. The van der Waals surface area contributed by atoms with E-state index in [4.69, 9.17) is 13.9 Å². The fraction of sp³-hybridized carbons (Fsp3) is 0.375. The summed E-state index contributed by atoms with van der Waals surface area (Å²) in [5, 5.41) is 13.1. The van der Waals surface area contributed by atoms with Crippen LogP contribution in [-0.4, -0.2) is 31.5 Å². The van der Waals surface area contributed by atoms with Crippen LogP contribution in [0.5, 0.6) is 5.75 Å². The molecule has 0 aliphatic carbocycles. The minimum Gasteiger partial charge on any atom is -0.497 e. The quantitative estimate of drug-likeness (QED) is 0.782. The molecule has 0 aliphatic heterocycles. The molecule has 0 amide bonds. The van der Waals surface area contributed by atoms with E-state index in [9.17, 15) is 5.11 Å². The lowest BCUT2D eigenvalue weighted by Gasteiger charge is -2.15. The van der Waals surface area contributed by atoms with Crippen molar-refractivity contribution in [2.75, 3.05) is 25.6 Å². The van der Waals surface area contributed by atoms with Crippen molar-refractivity contribution in [3.05, 3.63) is 47.9 Å². The van der Waals surface area contributed by atoms with Gasteiger partial charge in [-0.2, -0.15) is 0 Å².